The average molecular weight is 462 g/mol. The monoisotopic (exact) mass is 461 g/mol. The fraction of sp³-hybridized carbons (Fsp3) is 0.227. The van der Waals surface area contributed by atoms with Crippen LogP contribution in [0.2, 0.25) is 10.2 Å². The van der Waals surface area contributed by atoms with Crippen molar-refractivity contribution in [3.05, 3.63) is 75.9 Å². The van der Waals surface area contributed by atoms with E-state index in [0.29, 0.717) is 22.2 Å². The molecule has 0 spiro atoms. The standard InChI is InChI=1S/C22H21Cl2N3O2S/c1-14(11-15-3-7-17(29-2)8-4-15)13-25-21(28)19-12-20(24)26-27-22(19)30-18-9-5-16(23)6-10-18/h3-10,12,14H,11,13H2,1-2H3,(H,25,28). The van der Waals surface area contributed by atoms with Crippen LogP contribution in [-0.4, -0.2) is 29.8 Å². The lowest BCUT2D eigenvalue weighted by molar-refractivity contribution is 0.0944. The predicted molar refractivity (Wildman–Crippen MR) is 121 cm³/mol. The van der Waals surface area contributed by atoms with E-state index in [4.69, 9.17) is 27.9 Å². The molecule has 0 aliphatic rings. The highest BCUT2D eigenvalue weighted by atomic mass is 35.5. The van der Waals surface area contributed by atoms with Crippen LogP contribution in [0.3, 0.4) is 0 Å². The van der Waals surface area contributed by atoms with Gasteiger partial charge >= 0.3 is 0 Å². The van der Waals surface area contributed by atoms with E-state index in [1.165, 1.54) is 23.4 Å². The van der Waals surface area contributed by atoms with Crippen LogP contribution in [0, 0.1) is 5.92 Å². The van der Waals surface area contributed by atoms with E-state index in [-0.39, 0.29) is 17.0 Å². The lowest BCUT2D eigenvalue weighted by atomic mass is 10.0. The van der Waals surface area contributed by atoms with Gasteiger partial charge in [0, 0.05) is 16.5 Å². The number of nitrogens with one attached hydrogen (secondary N) is 1. The van der Waals surface area contributed by atoms with E-state index in [9.17, 15) is 4.79 Å². The first kappa shape index (κ1) is 22.4. The molecule has 3 aromatic rings. The second-order valence-corrected chi connectivity index (χ2v) is 8.70. The van der Waals surface area contributed by atoms with E-state index >= 15 is 0 Å². The summed E-state index contributed by atoms with van der Waals surface area (Å²) in [5.41, 5.74) is 1.58. The van der Waals surface area contributed by atoms with Crippen LogP contribution in [0.15, 0.2) is 64.5 Å². The van der Waals surface area contributed by atoms with Crippen molar-refractivity contribution in [3.63, 3.8) is 0 Å². The molecule has 0 saturated heterocycles. The Morgan fingerprint density at radius 3 is 2.47 bits per heavy atom. The highest BCUT2D eigenvalue weighted by molar-refractivity contribution is 7.99. The molecule has 2 aromatic carbocycles. The highest BCUT2D eigenvalue weighted by Crippen LogP contribution is 2.30. The van der Waals surface area contributed by atoms with Gasteiger partial charge in [-0.3, -0.25) is 4.79 Å². The normalized spacial score (nSPS) is 11.7. The summed E-state index contributed by atoms with van der Waals surface area (Å²) in [5, 5.41) is 12.3. The van der Waals surface area contributed by atoms with Gasteiger partial charge in [-0.15, -0.1) is 10.2 Å². The third-order valence-electron chi connectivity index (χ3n) is 4.36. The fourth-order valence-corrected chi connectivity index (χ4v) is 3.92. The van der Waals surface area contributed by atoms with Crippen LogP contribution >= 0.6 is 35.0 Å². The molecule has 1 aromatic heterocycles. The Labute approximate surface area is 190 Å². The molecule has 30 heavy (non-hydrogen) atoms. The minimum absolute atomic E-state index is 0.173. The quantitative estimate of drug-likeness (QED) is 0.476. The zero-order valence-electron chi connectivity index (χ0n) is 16.6. The number of aromatic nitrogens is 2. The topological polar surface area (TPSA) is 64.1 Å². The zero-order chi connectivity index (χ0) is 21.5. The van der Waals surface area contributed by atoms with Crippen molar-refractivity contribution in [2.24, 2.45) is 5.92 Å². The van der Waals surface area contributed by atoms with E-state index in [1.807, 2.05) is 36.4 Å². The highest BCUT2D eigenvalue weighted by Gasteiger charge is 2.17. The van der Waals surface area contributed by atoms with Crippen LogP contribution in [-0.2, 0) is 6.42 Å². The summed E-state index contributed by atoms with van der Waals surface area (Å²) >= 11 is 13.3. The summed E-state index contributed by atoms with van der Waals surface area (Å²) < 4.78 is 5.18. The minimum Gasteiger partial charge on any atom is -0.497 e. The van der Waals surface area contributed by atoms with Gasteiger partial charge in [-0.05, 0) is 60.4 Å². The Morgan fingerprint density at radius 2 is 1.80 bits per heavy atom. The summed E-state index contributed by atoms with van der Waals surface area (Å²) in [7, 11) is 1.65. The first-order valence-electron chi connectivity index (χ1n) is 9.32. The number of hydrogen-bond donors (Lipinski definition) is 1. The van der Waals surface area contributed by atoms with Gasteiger partial charge in [0.1, 0.15) is 10.8 Å². The molecule has 1 unspecified atom stereocenters. The van der Waals surface area contributed by atoms with Crippen LogP contribution < -0.4 is 10.1 Å². The molecule has 1 amide bonds. The molecule has 156 valence electrons. The van der Waals surface area contributed by atoms with Crippen LogP contribution in [0.4, 0.5) is 0 Å². The zero-order valence-corrected chi connectivity index (χ0v) is 18.9. The van der Waals surface area contributed by atoms with Crippen molar-refractivity contribution in [1.82, 2.24) is 15.5 Å². The molecule has 3 rings (SSSR count). The first-order valence-corrected chi connectivity index (χ1v) is 10.9. The number of halogens is 2. The predicted octanol–water partition coefficient (Wildman–Crippen LogP) is 5.55. The lowest BCUT2D eigenvalue weighted by Gasteiger charge is -2.14. The molecule has 8 heteroatoms. The van der Waals surface area contributed by atoms with Crippen LogP contribution in [0.25, 0.3) is 0 Å². The van der Waals surface area contributed by atoms with E-state index in [0.717, 1.165) is 17.1 Å². The Balaban J connectivity index is 1.63. The van der Waals surface area contributed by atoms with Gasteiger partial charge in [0.05, 0.1) is 12.7 Å². The molecule has 0 fully saturated rings. The van der Waals surface area contributed by atoms with Gasteiger partial charge in [0.2, 0.25) is 0 Å². The largest absolute Gasteiger partial charge is 0.497 e. The van der Waals surface area contributed by atoms with Crippen molar-refractivity contribution in [3.8, 4) is 5.75 Å². The Hall–Kier alpha value is -2.28. The van der Waals surface area contributed by atoms with Crippen molar-refractivity contribution < 1.29 is 9.53 Å². The fourth-order valence-electron chi connectivity index (χ4n) is 2.81. The number of carbonyl (C=O) groups excluding carboxylic acids is 1. The Kier molecular flexibility index (Phi) is 7.96. The number of carbonyl (C=O) groups is 1. The molecule has 0 radical (unpaired) electrons. The van der Waals surface area contributed by atoms with E-state index in [1.54, 1.807) is 19.2 Å². The number of amides is 1. The molecule has 5 nitrogen and oxygen atoms in total. The summed E-state index contributed by atoms with van der Waals surface area (Å²) in [4.78, 5) is 13.7. The molecule has 0 aliphatic heterocycles. The van der Waals surface area contributed by atoms with Gasteiger partial charge in [-0.2, -0.15) is 0 Å². The van der Waals surface area contributed by atoms with Crippen molar-refractivity contribution in [1.29, 1.82) is 0 Å². The molecule has 1 heterocycles. The maximum Gasteiger partial charge on any atom is 0.254 e. The minimum atomic E-state index is -0.232. The second kappa shape index (κ2) is 10.7. The van der Waals surface area contributed by atoms with Gasteiger partial charge < -0.3 is 10.1 Å². The Bertz CT molecular complexity index is 998. The number of hydrogen-bond acceptors (Lipinski definition) is 5. The van der Waals surface area contributed by atoms with Crippen molar-refractivity contribution in [2.75, 3.05) is 13.7 Å². The number of rotatable bonds is 8. The molecule has 1 atom stereocenters. The first-order chi connectivity index (χ1) is 14.4. The van der Waals surface area contributed by atoms with Gasteiger partial charge in [-0.1, -0.05) is 54.0 Å². The van der Waals surface area contributed by atoms with Crippen LogP contribution in [0.1, 0.15) is 22.8 Å². The van der Waals surface area contributed by atoms with Gasteiger partial charge in [0.15, 0.2) is 5.15 Å². The number of benzene rings is 2. The molecule has 0 bridgehead atoms. The summed E-state index contributed by atoms with van der Waals surface area (Å²) in [6.45, 7) is 2.61. The molecule has 0 saturated carbocycles. The van der Waals surface area contributed by atoms with Gasteiger partial charge in [-0.25, -0.2) is 0 Å². The smallest absolute Gasteiger partial charge is 0.254 e. The number of ether oxygens (including phenoxy) is 1. The number of methoxy groups -OCH3 is 1. The maximum absolute atomic E-state index is 12.8. The molecular weight excluding hydrogens is 441 g/mol. The van der Waals surface area contributed by atoms with Crippen molar-refractivity contribution in [2.45, 2.75) is 23.3 Å². The van der Waals surface area contributed by atoms with Crippen LogP contribution in [0.5, 0.6) is 5.75 Å². The summed E-state index contributed by atoms with van der Waals surface area (Å²) in [6.07, 6.45) is 0.839. The average Bonchev–Trinajstić information content (AvgIpc) is 2.75. The second-order valence-electron chi connectivity index (χ2n) is 6.81. The maximum atomic E-state index is 12.8. The van der Waals surface area contributed by atoms with Gasteiger partial charge in [0.25, 0.3) is 5.91 Å². The third-order valence-corrected chi connectivity index (χ3v) is 5.80. The third kappa shape index (κ3) is 6.36. The SMILES string of the molecule is COc1ccc(CC(C)CNC(=O)c2cc(Cl)nnc2Sc2ccc(Cl)cc2)cc1. The number of nitrogens with zero attached hydrogens (tertiary/aromatic N) is 2. The summed E-state index contributed by atoms with van der Waals surface area (Å²) in [6, 6.07) is 16.8. The van der Waals surface area contributed by atoms with E-state index < -0.39 is 0 Å². The molecule has 1 N–H and O–H groups in total. The Morgan fingerprint density at radius 1 is 1.10 bits per heavy atom. The molecular formula is C22H21Cl2N3O2S. The van der Waals surface area contributed by atoms with E-state index in [2.05, 4.69) is 22.4 Å². The summed E-state index contributed by atoms with van der Waals surface area (Å²) in [5.74, 6) is 0.845. The van der Waals surface area contributed by atoms with Crippen molar-refractivity contribution >= 4 is 40.9 Å². The molecule has 0 aliphatic carbocycles. The lowest BCUT2D eigenvalue weighted by Crippen LogP contribution is -2.29.